The van der Waals surface area contributed by atoms with Crippen LogP contribution < -0.4 is 4.89 Å². The number of rotatable bonds is 3. The van der Waals surface area contributed by atoms with E-state index in [1.165, 1.54) is 0 Å². The molecule has 0 spiro atoms. The first-order valence-electron chi connectivity index (χ1n) is 5.13. The minimum atomic E-state index is -3.04. The van der Waals surface area contributed by atoms with Gasteiger partial charge in [0.05, 0.1) is 0 Å². The average Bonchev–Trinajstić information content (AvgIpc) is 2.39. The van der Waals surface area contributed by atoms with Crippen molar-refractivity contribution in [3.63, 3.8) is 0 Å². The zero-order valence-corrected chi connectivity index (χ0v) is 9.88. The molecule has 3 nitrogen and oxygen atoms in total. The van der Waals surface area contributed by atoms with Crippen LogP contribution in [0.1, 0.15) is 11.1 Å². The second-order valence-electron chi connectivity index (χ2n) is 3.66. The van der Waals surface area contributed by atoms with E-state index >= 15 is 0 Å². The summed E-state index contributed by atoms with van der Waals surface area (Å²) in [6, 6.07) is 16.7. The molecule has 2 rings (SSSR count). The van der Waals surface area contributed by atoms with Crippen molar-refractivity contribution < 1.29 is 14.6 Å². The summed E-state index contributed by atoms with van der Waals surface area (Å²) in [4.78, 5) is 11.4. The van der Waals surface area contributed by atoms with Crippen molar-refractivity contribution >= 4 is 8.03 Å². The maximum atomic E-state index is 11.4. The normalized spacial score (nSPS) is 12.2. The zero-order chi connectivity index (χ0) is 12.3. The van der Waals surface area contributed by atoms with Crippen molar-refractivity contribution in [2.45, 2.75) is 5.34 Å². The maximum absolute atomic E-state index is 11.4. The Hall–Kier alpha value is -1.54. The van der Waals surface area contributed by atoms with Crippen LogP contribution in [0.25, 0.3) is 0 Å². The van der Waals surface area contributed by atoms with E-state index in [0.717, 1.165) is 0 Å². The highest BCUT2D eigenvalue weighted by atomic mass is 31.1. The van der Waals surface area contributed by atoms with Gasteiger partial charge in [0.2, 0.25) is 0 Å². The largest absolute Gasteiger partial charge is 0.593 e. The van der Waals surface area contributed by atoms with Crippen molar-refractivity contribution in [3.8, 4) is 0 Å². The van der Waals surface area contributed by atoms with E-state index in [1.807, 2.05) is 0 Å². The summed E-state index contributed by atoms with van der Waals surface area (Å²) in [5, 5.41) is 8.47. The zero-order valence-electron chi connectivity index (χ0n) is 8.98. The predicted molar refractivity (Wildman–Crippen MR) is 63.5 cm³/mol. The van der Waals surface area contributed by atoms with Gasteiger partial charge in [-0.05, 0) is 0 Å². The minimum absolute atomic E-state index is 0.349. The third kappa shape index (κ3) is 2.13. The third-order valence-corrected chi connectivity index (χ3v) is 3.66. The van der Waals surface area contributed by atoms with E-state index in [-0.39, 0.29) is 0 Å². The molecule has 0 radical (unpaired) electrons. The first kappa shape index (κ1) is 11.9. The number of benzene rings is 2. The van der Waals surface area contributed by atoms with Gasteiger partial charge >= 0.3 is 13.4 Å². The van der Waals surface area contributed by atoms with Gasteiger partial charge < -0.3 is 10.00 Å². The molecule has 0 saturated carbocycles. The van der Waals surface area contributed by atoms with E-state index in [0.29, 0.717) is 11.1 Å². The number of hydrogen-bond acceptors (Lipinski definition) is 3. The van der Waals surface area contributed by atoms with Crippen molar-refractivity contribution in [3.05, 3.63) is 71.8 Å². The van der Waals surface area contributed by atoms with Gasteiger partial charge in [0.25, 0.3) is 0 Å². The number of hydrogen-bond donors (Lipinski definition) is 1. The Balaban J connectivity index is 2.59. The Morgan fingerprint density at radius 2 is 1.24 bits per heavy atom. The molecule has 0 saturated heterocycles. The highest BCUT2D eigenvalue weighted by Gasteiger charge is 2.44. The summed E-state index contributed by atoms with van der Waals surface area (Å²) in [7, 11) is -3.04. The first-order valence-corrected chi connectivity index (χ1v) is 6.31. The van der Waals surface area contributed by atoms with Crippen LogP contribution >= 0.6 is 8.03 Å². The van der Waals surface area contributed by atoms with Crippen LogP contribution in [0, 0.1) is 0 Å². The summed E-state index contributed by atoms with van der Waals surface area (Å²) in [6.07, 6.45) is 0. The molecule has 1 N–H and O–H groups in total. The molecule has 1 unspecified atom stereocenters. The van der Waals surface area contributed by atoms with Gasteiger partial charge in [0, 0.05) is 11.1 Å². The van der Waals surface area contributed by atoms with Gasteiger partial charge in [-0.2, -0.15) is 0 Å². The SMILES string of the molecule is O=[P+]([O-])C(O)(c1ccccc1)c1ccccc1. The average molecular weight is 246 g/mol. The molecule has 2 aromatic rings. The van der Waals surface area contributed by atoms with Crippen molar-refractivity contribution in [2.75, 3.05) is 0 Å². The van der Waals surface area contributed by atoms with Crippen molar-refractivity contribution in [2.24, 2.45) is 0 Å². The molecule has 86 valence electrons. The predicted octanol–water partition coefficient (Wildman–Crippen LogP) is 1.98. The first-order chi connectivity index (χ1) is 8.15. The minimum Gasteiger partial charge on any atom is -0.593 e. The lowest BCUT2D eigenvalue weighted by Crippen LogP contribution is -2.26. The highest BCUT2D eigenvalue weighted by molar-refractivity contribution is 7.38. The van der Waals surface area contributed by atoms with Crippen LogP contribution in [0.5, 0.6) is 0 Å². The van der Waals surface area contributed by atoms with Crippen LogP contribution in [-0.2, 0) is 9.91 Å². The lowest BCUT2D eigenvalue weighted by Gasteiger charge is -2.19. The Morgan fingerprint density at radius 3 is 1.53 bits per heavy atom. The monoisotopic (exact) mass is 246 g/mol. The van der Waals surface area contributed by atoms with Gasteiger partial charge in [-0.25, -0.2) is 0 Å². The molecule has 0 aliphatic heterocycles. The van der Waals surface area contributed by atoms with Gasteiger partial charge in [-0.3, -0.25) is 0 Å². The van der Waals surface area contributed by atoms with Crippen LogP contribution in [0.3, 0.4) is 0 Å². The molecular weight excluding hydrogens is 235 g/mol. The van der Waals surface area contributed by atoms with Crippen molar-refractivity contribution in [1.82, 2.24) is 0 Å². The van der Waals surface area contributed by atoms with Gasteiger partial charge in [-0.15, -0.1) is 0 Å². The van der Waals surface area contributed by atoms with Crippen LogP contribution in [-0.4, -0.2) is 5.11 Å². The van der Waals surface area contributed by atoms with Crippen LogP contribution in [0.2, 0.25) is 0 Å². The fraction of sp³-hybridized carbons (Fsp3) is 0.0769. The molecule has 17 heavy (non-hydrogen) atoms. The van der Waals surface area contributed by atoms with E-state index < -0.39 is 13.4 Å². The summed E-state index contributed by atoms with van der Waals surface area (Å²) in [5.74, 6) is 0. The molecule has 1 atom stereocenters. The second-order valence-corrected chi connectivity index (χ2v) is 4.82. The molecule has 0 aliphatic rings. The standard InChI is InChI=1S/C13H11O3P/c14-13(17(15)16,11-7-3-1-4-8-11)12-9-5-2-6-10-12/h1-10,14H. The highest BCUT2D eigenvalue weighted by Crippen LogP contribution is 2.44. The molecular formula is C13H11O3P. The van der Waals surface area contributed by atoms with Gasteiger partial charge in [-0.1, -0.05) is 65.2 Å². The van der Waals surface area contributed by atoms with E-state index in [9.17, 15) is 14.6 Å². The van der Waals surface area contributed by atoms with Gasteiger partial charge in [0.1, 0.15) is 0 Å². The fourth-order valence-electron chi connectivity index (χ4n) is 1.72. The van der Waals surface area contributed by atoms with E-state index in [2.05, 4.69) is 0 Å². The Morgan fingerprint density at radius 1 is 0.882 bits per heavy atom. The Labute approximate surface area is 100 Å². The van der Waals surface area contributed by atoms with Crippen LogP contribution in [0.15, 0.2) is 60.7 Å². The molecule has 4 heteroatoms. The molecule has 0 bridgehead atoms. The molecule has 2 aromatic carbocycles. The Kier molecular flexibility index (Phi) is 3.34. The molecule has 0 aliphatic carbocycles. The topological polar surface area (TPSA) is 60.4 Å². The molecule has 0 fully saturated rings. The smallest absolute Gasteiger partial charge is 0.354 e. The second kappa shape index (κ2) is 4.76. The number of aliphatic hydroxyl groups is 1. The van der Waals surface area contributed by atoms with Crippen molar-refractivity contribution in [1.29, 1.82) is 0 Å². The summed E-state index contributed by atoms with van der Waals surface area (Å²) in [5.41, 5.74) is 0.699. The third-order valence-electron chi connectivity index (χ3n) is 2.62. The van der Waals surface area contributed by atoms with Gasteiger partial charge in [0.15, 0.2) is 0 Å². The van der Waals surface area contributed by atoms with Crippen LogP contribution in [0.4, 0.5) is 0 Å². The summed E-state index contributed by atoms with van der Waals surface area (Å²) < 4.78 is 11.4. The van der Waals surface area contributed by atoms with E-state index in [4.69, 9.17) is 0 Å². The molecule has 0 heterocycles. The Bertz CT molecular complexity index is 471. The lowest BCUT2D eigenvalue weighted by molar-refractivity contribution is -0.177. The molecule has 0 amide bonds. The molecule has 0 aromatic heterocycles. The van der Waals surface area contributed by atoms with E-state index in [1.54, 1.807) is 60.7 Å². The maximum Gasteiger partial charge on any atom is 0.354 e. The lowest BCUT2D eigenvalue weighted by atomic mass is 10.0. The summed E-state index contributed by atoms with van der Waals surface area (Å²) in [6.45, 7) is 0. The summed E-state index contributed by atoms with van der Waals surface area (Å²) >= 11 is 0. The fourth-order valence-corrected chi connectivity index (χ4v) is 2.44. The quantitative estimate of drug-likeness (QED) is 0.842.